The molecule has 5 nitrogen and oxygen atoms in total. The molecule has 3 aromatic rings. The van der Waals surface area contributed by atoms with Crippen LogP contribution in [0.4, 0.5) is 10.2 Å². The summed E-state index contributed by atoms with van der Waals surface area (Å²) in [7, 11) is 0. The third-order valence-corrected chi connectivity index (χ3v) is 3.85. The molecule has 1 aromatic heterocycles. The maximum absolute atomic E-state index is 13.6. The van der Waals surface area contributed by atoms with Gasteiger partial charge in [-0.25, -0.2) is 4.39 Å². The van der Waals surface area contributed by atoms with Gasteiger partial charge < -0.3 is 10.6 Å². The minimum absolute atomic E-state index is 0.231. The second kappa shape index (κ2) is 8.20. The molecule has 1 heterocycles. The van der Waals surface area contributed by atoms with E-state index in [2.05, 4.69) is 20.8 Å². The zero-order valence-electron chi connectivity index (χ0n) is 14.4. The highest BCUT2D eigenvalue weighted by atomic mass is 19.1. The van der Waals surface area contributed by atoms with Crippen LogP contribution in [0.1, 0.15) is 27.2 Å². The number of nitrogens with one attached hydrogen (secondary N) is 2. The van der Waals surface area contributed by atoms with Crippen LogP contribution in [0.5, 0.6) is 0 Å². The van der Waals surface area contributed by atoms with Crippen molar-refractivity contribution in [3.63, 3.8) is 0 Å². The number of hydrogen-bond acceptors (Lipinski definition) is 4. The number of carbonyl (C=O) groups is 1. The van der Waals surface area contributed by atoms with Gasteiger partial charge in [-0.05, 0) is 30.7 Å². The van der Waals surface area contributed by atoms with E-state index in [-0.39, 0.29) is 17.4 Å². The summed E-state index contributed by atoms with van der Waals surface area (Å²) in [5.74, 6) is -0.0942. The monoisotopic (exact) mass is 350 g/mol. The van der Waals surface area contributed by atoms with Crippen LogP contribution in [0.15, 0.2) is 60.7 Å². The first-order chi connectivity index (χ1) is 12.6. The van der Waals surface area contributed by atoms with Crippen LogP contribution in [0.2, 0.25) is 0 Å². The summed E-state index contributed by atoms with van der Waals surface area (Å²) in [5, 5.41) is 13.7. The predicted octanol–water partition coefficient (Wildman–Crippen LogP) is 3.47. The molecule has 2 N–H and O–H groups in total. The lowest BCUT2D eigenvalue weighted by Crippen LogP contribution is -2.24. The summed E-state index contributed by atoms with van der Waals surface area (Å²) in [6, 6.07) is 17.7. The summed E-state index contributed by atoms with van der Waals surface area (Å²) >= 11 is 0. The van der Waals surface area contributed by atoms with Crippen molar-refractivity contribution in [2.75, 3.05) is 5.32 Å². The Balaban J connectivity index is 1.55. The van der Waals surface area contributed by atoms with Crippen LogP contribution < -0.4 is 10.6 Å². The SMILES string of the molecule is Cc1cccc(CNC(=O)c2ccc(NCc3ccccc3F)nn2)c1. The number of benzene rings is 2. The molecule has 0 unspecified atom stereocenters. The van der Waals surface area contributed by atoms with Crippen LogP contribution in [-0.4, -0.2) is 16.1 Å². The Kier molecular flexibility index (Phi) is 5.53. The Morgan fingerprint density at radius 1 is 1.00 bits per heavy atom. The minimum atomic E-state index is -0.292. The molecule has 0 aliphatic heterocycles. The van der Waals surface area contributed by atoms with E-state index in [0.717, 1.165) is 11.1 Å². The smallest absolute Gasteiger partial charge is 0.272 e. The number of hydrogen-bond donors (Lipinski definition) is 2. The van der Waals surface area contributed by atoms with Gasteiger partial charge >= 0.3 is 0 Å². The molecule has 0 spiro atoms. The minimum Gasteiger partial charge on any atom is -0.364 e. The summed E-state index contributed by atoms with van der Waals surface area (Å²) in [4.78, 5) is 12.2. The standard InChI is InChI=1S/C20H19FN4O/c1-14-5-4-6-15(11-14)12-23-20(26)18-9-10-19(25-24-18)22-13-16-7-2-3-8-17(16)21/h2-11H,12-13H2,1H3,(H,22,25)(H,23,26). The maximum Gasteiger partial charge on any atom is 0.272 e. The number of halogens is 1. The Hall–Kier alpha value is -3.28. The second-order valence-corrected chi connectivity index (χ2v) is 5.92. The van der Waals surface area contributed by atoms with E-state index in [4.69, 9.17) is 0 Å². The number of amides is 1. The number of nitrogens with zero attached hydrogens (tertiary/aromatic N) is 2. The molecular formula is C20H19FN4O. The quantitative estimate of drug-likeness (QED) is 0.714. The summed E-state index contributed by atoms with van der Waals surface area (Å²) in [5.41, 5.74) is 2.93. The first-order valence-corrected chi connectivity index (χ1v) is 8.26. The number of anilines is 1. The Morgan fingerprint density at radius 2 is 1.85 bits per heavy atom. The van der Waals surface area contributed by atoms with Crippen molar-refractivity contribution < 1.29 is 9.18 Å². The Morgan fingerprint density at radius 3 is 2.58 bits per heavy atom. The van der Waals surface area contributed by atoms with Gasteiger partial charge in [0.1, 0.15) is 11.6 Å². The maximum atomic E-state index is 13.6. The van der Waals surface area contributed by atoms with Crippen LogP contribution in [0, 0.1) is 12.7 Å². The molecule has 0 bridgehead atoms. The molecule has 26 heavy (non-hydrogen) atoms. The summed E-state index contributed by atoms with van der Waals surface area (Å²) in [6.45, 7) is 2.72. The van der Waals surface area contributed by atoms with Crippen molar-refractivity contribution in [1.82, 2.24) is 15.5 Å². The largest absolute Gasteiger partial charge is 0.364 e. The number of aryl methyl sites for hydroxylation is 1. The second-order valence-electron chi connectivity index (χ2n) is 5.92. The highest BCUT2D eigenvalue weighted by Gasteiger charge is 2.08. The third-order valence-electron chi connectivity index (χ3n) is 3.85. The van der Waals surface area contributed by atoms with Crippen molar-refractivity contribution in [3.8, 4) is 0 Å². The number of carbonyl (C=O) groups excluding carboxylic acids is 1. The van der Waals surface area contributed by atoms with Gasteiger partial charge in [-0.1, -0.05) is 48.0 Å². The van der Waals surface area contributed by atoms with Crippen LogP contribution >= 0.6 is 0 Å². The first-order valence-electron chi connectivity index (χ1n) is 8.26. The lowest BCUT2D eigenvalue weighted by molar-refractivity contribution is 0.0945. The van der Waals surface area contributed by atoms with E-state index in [0.29, 0.717) is 24.5 Å². The lowest BCUT2D eigenvalue weighted by Gasteiger charge is -2.07. The number of rotatable bonds is 6. The lowest BCUT2D eigenvalue weighted by atomic mass is 10.1. The van der Waals surface area contributed by atoms with Gasteiger partial charge in [-0.2, -0.15) is 0 Å². The van der Waals surface area contributed by atoms with E-state index in [1.54, 1.807) is 30.3 Å². The molecule has 0 atom stereocenters. The molecule has 0 saturated carbocycles. The highest BCUT2D eigenvalue weighted by molar-refractivity contribution is 5.92. The van der Waals surface area contributed by atoms with Gasteiger partial charge in [-0.15, -0.1) is 10.2 Å². The molecule has 0 fully saturated rings. The van der Waals surface area contributed by atoms with Crippen molar-refractivity contribution in [2.45, 2.75) is 20.0 Å². The summed E-state index contributed by atoms with van der Waals surface area (Å²) < 4.78 is 13.6. The normalized spacial score (nSPS) is 10.4. The number of aromatic nitrogens is 2. The molecule has 0 radical (unpaired) electrons. The van der Waals surface area contributed by atoms with Crippen molar-refractivity contribution in [1.29, 1.82) is 0 Å². The van der Waals surface area contributed by atoms with Gasteiger partial charge in [0.15, 0.2) is 5.69 Å². The molecule has 0 aliphatic rings. The zero-order chi connectivity index (χ0) is 18.4. The Bertz CT molecular complexity index is 896. The van der Waals surface area contributed by atoms with Gasteiger partial charge in [0.25, 0.3) is 5.91 Å². The first kappa shape index (κ1) is 17.5. The van der Waals surface area contributed by atoms with Gasteiger partial charge in [0.05, 0.1) is 0 Å². The fourth-order valence-electron chi connectivity index (χ4n) is 2.47. The van der Waals surface area contributed by atoms with Gasteiger partial charge in [0, 0.05) is 18.7 Å². The van der Waals surface area contributed by atoms with E-state index in [9.17, 15) is 9.18 Å². The van der Waals surface area contributed by atoms with Gasteiger partial charge in [-0.3, -0.25) is 4.79 Å². The molecule has 1 amide bonds. The molecular weight excluding hydrogens is 331 g/mol. The van der Waals surface area contributed by atoms with Crippen molar-refractivity contribution in [3.05, 3.63) is 88.9 Å². The van der Waals surface area contributed by atoms with Crippen LogP contribution in [0.25, 0.3) is 0 Å². The van der Waals surface area contributed by atoms with Crippen LogP contribution in [-0.2, 0) is 13.1 Å². The highest BCUT2D eigenvalue weighted by Crippen LogP contribution is 2.10. The molecule has 0 saturated heterocycles. The average molecular weight is 350 g/mol. The molecule has 0 aliphatic carbocycles. The van der Waals surface area contributed by atoms with E-state index >= 15 is 0 Å². The van der Waals surface area contributed by atoms with Crippen molar-refractivity contribution >= 4 is 11.7 Å². The topological polar surface area (TPSA) is 66.9 Å². The van der Waals surface area contributed by atoms with E-state index < -0.39 is 0 Å². The van der Waals surface area contributed by atoms with Crippen molar-refractivity contribution in [2.24, 2.45) is 0 Å². The fourth-order valence-corrected chi connectivity index (χ4v) is 2.47. The average Bonchev–Trinajstić information content (AvgIpc) is 2.66. The van der Waals surface area contributed by atoms with Crippen LogP contribution in [0.3, 0.4) is 0 Å². The third kappa shape index (κ3) is 4.63. The zero-order valence-corrected chi connectivity index (χ0v) is 14.4. The fraction of sp³-hybridized carbons (Fsp3) is 0.150. The van der Waals surface area contributed by atoms with Gasteiger partial charge in [0.2, 0.25) is 0 Å². The van der Waals surface area contributed by atoms with E-state index in [1.807, 2.05) is 31.2 Å². The molecule has 3 rings (SSSR count). The van der Waals surface area contributed by atoms with E-state index in [1.165, 1.54) is 6.07 Å². The molecule has 132 valence electrons. The molecule has 2 aromatic carbocycles. The predicted molar refractivity (Wildman–Crippen MR) is 98.1 cm³/mol. The summed E-state index contributed by atoms with van der Waals surface area (Å²) in [6.07, 6.45) is 0. The molecule has 6 heteroatoms. The Labute approximate surface area is 151 Å².